The summed E-state index contributed by atoms with van der Waals surface area (Å²) < 4.78 is 5.85. The van der Waals surface area contributed by atoms with E-state index >= 15 is 0 Å². The second-order valence-electron chi connectivity index (χ2n) is 14.4. The molecule has 5 fully saturated rings. The Labute approximate surface area is 197 Å². The van der Waals surface area contributed by atoms with Gasteiger partial charge in [-0.2, -0.15) is 0 Å². The summed E-state index contributed by atoms with van der Waals surface area (Å²) in [7, 11) is 0. The normalized spacial score (nSPS) is 50.8. The van der Waals surface area contributed by atoms with Gasteiger partial charge in [0.25, 0.3) is 0 Å². The molecule has 0 N–H and O–H groups in total. The van der Waals surface area contributed by atoms with Crippen molar-refractivity contribution >= 4 is 5.78 Å². The number of Topliss-reactive ketones (excluding diaryl/α,β-unsaturated/α-hetero) is 1. The van der Waals surface area contributed by atoms with Crippen molar-refractivity contribution in [2.75, 3.05) is 0 Å². The van der Waals surface area contributed by atoms with Crippen molar-refractivity contribution in [3.05, 3.63) is 12.2 Å². The first-order chi connectivity index (χ1) is 14.8. The fourth-order valence-corrected chi connectivity index (χ4v) is 10.3. The van der Waals surface area contributed by atoms with Gasteiger partial charge in [-0.15, -0.1) is 0 Å². The van der Waals surface area contributed by atoms with Crippen LogP contribution in [0.25, 0.3) is 0 Å². The number of hydrogen-bond donors (Lipinski definition) is 0. The van der Waals surface area contributed by atoms with Crippen LogP contribution in [0.4, 0.5) is 0 Å². The number of epoxide rings is 1. The first-order valence-electron chi connectivity index (χ1n) is 13.7. The summed E-state index contributed by atoms with van der Waals surface area (Å²) in [6.45, 7) is 21.5. The van der Waals surface area contributed by atoms with Gasteiger partial charge in [0.05, 0.1) is 11.7 Å². The van der Waals surface area contributed by atoms with E-state index in [4.69, 9.17) is 4.74 Å². The smallest absolute Gasteiger partial charge is 0.138 e. The summed E-state index contributed by atoms with van der Waals surface area (Å²) in [5.74, 6) is 3.33. The maximum absolute atomic E-state index is 12.9. The zero-order valence-corrected chi connectivity index (χ0v) is 22.0. The molecular weight excluding hydrogens is 392 g/mol. The van der Waals surface area contributed by atoms with E-state index in [0.29, 0.717) is 40.0 Å². The number of allylic oxidation sites excluding steroid dienone is 1. The summed E-state index contributed by atoms with van der Waals surface area (Å²) in [4.78, 5) is 12.9. The largest absolute Gasteiger partial charge is 0.367 e. The zero-order valence-electron chi connectivity index (χ0n) is 22.0. The topological polar surface area (TPSA) is 29.6 Å². The van der Waals surface area contributed by atoms with Crippen molar-refractivity contribution in [2.24, 2.45) is 45.3 Å². The van der Waals surface area contributed by atoms with E-state index in [1.54, 1.807) is 0 Å². The first kappa shape index (κ1) is 23.1. The number of ether oxygens (including phenoxy) is 1. The third-order valence-electron chi connectivity index (χ3n) is 12.6. The Bertz CT molecular complexity index is 823. The molecule has 0 bridgehead atoms. The Kier molecular flexibility index (Phi) is 5.03. The van der Waals surface area contributed by atoms with Crippen LogP contribution in [0.15, 0.2) is 12.2 Å². The zero-order chi connectivity index (χ0) is 23.3. The highest BCUT2D eigenvalue weighted by atomic mass is 16.6. The van der Waals surface area contributed by atoms with Gasteiger partial charge in [-0.3, -0.25) is 4.79 Å². The van der Waals surface area contributed by atoms with Crippen LogP contribution in [0, 0.1) is 45.3 Å². The summed E-state index contributed by atoms with van der Waals surface area (Å²) >= 11 is 0. The van der Waals surface area contributed by atoms with Crippen LogP contribution in [0.3, 0.4) is 0 Å². The van der Waals surface area contributed by atoms with Gasteiger partial charge in [-0.1, -0.05) is 46.8 Å². The number of carbonyl (C=O) groups is 1. The van der Waals surface area contributed by atoms with Gasteiger partial charge in [0.2, 0.25) is 0 Å². The van der Waals surface area contributed by atoms with E-state index < -0.39 is 0 Å². The van der Waals surface area contributed by atoms with Crippen LogP contribution in [-0.2, 0) is 9.53 Å². The molecule has 0 unspecified atom stereocenters. The molecule has 0 aromatic heterocycles. The summed E-state index contributed by atoms with van der Waals surface area (Å²) in [5.41, 5.74) is 2.60. The average molecular weight is 441 g/mol. The second-order valence-corrected chi connectivity index (χ2v) is 14.4. The molecule has 1 heterocycles. The third kappa shape index (κ3) is 2.96. The number of fused-ring (bicyclic) bond motifs is 5. The highest BCUT2D eigenvalue weighted by Crippen LogP contribution is 2.75. The van der Waals surface area contributed by atoms with Gasteiger partial charge in [0.1, 0.15) is 5.78 Å². The standard InChI is InChI=1S/C30H48O2/c1-19(9-12-25-27(4,5)32-25)20-13-17-29(7)21(20)10-11-23-28(6)16-15-24(31)26(2,3)22(28)14-18-30(23,29)8/h20-23,25H,1,9-18H2,2-8H3/t20-,21-,22-,23-,25-,28+,29+,30-/m1/s1. The van der Waals surface area contributed by atoms with E-state index in [0.717, 1.165) is 37.5 Å². The number of rotatable bonds is 4. The molecule has 32 heavy (non-hydrogen) atoms. The molecule has 0 radical (unpaired) electrons. The lowest BCUT2D eigenvalue weighted by molar-refractivity contribution is -0.201. The maximum atomic E-state index is 12.9. The fourth-order valence-electron chi connectivity index (χ4n) is 10.3. The van der Waals surface area contributed by atoms with Gasteiger partial charge >= 0.3 is 0 Å². The molecule has 2 heteroatoms. The van der Waals surface area contributed by atoms with Gasteiger partial charge in [0, 0.05) is 11.8 Å². The van der Waals surface area contributed by atoms with Gasteiger partial charge in [-0.05, 0) is 112 Å². The minimum atomic E-state index is -0.142. The lowest BCUT2D eigenvalue weighted by Gasteiger charge is -2.69. The summed E-state index contributed by atoms with van der Waals surface area (Å²) in [6.07, 6.45) is 12.6. The molecule has 0 aromatic carbocycles. The highest BCUT2D eigenvalue weighted by molar-refractivity contribution is 5.85. The fraction of sp³-hybridized carbons (Fsp3) is 0.900. The Morgan fingerprint density at radius 3 is 2.22 bits per heavy atom. The Morgan fingerprint density at radius 1 is 0.906 bits per heavy atom. The Hall–Kier alpha value is -0.630. The van der Waals surface area contributed by atoms with Crippen molar-refractivity contribution in [3.63, 3.8) is 0 Å². The van der Waals surface area contributed by atoms with Gasteiger partial charge < -0.3 is 4.74 Å². The van der Waals surface area contributed by atoms with Crippen LogP contribution in [0.1, 0.15) is 113 Å². The van der Waals surface area contributed by atoms with Crippen molar-refractivity contribution in [1.82, 2.24) is 0 Å². The number of carbonyl (C=O) groups excluding carboxylic acids is 1. The van der Waals surface area contributed by atoms with E-state index in [9.17, 15) is 4.79 Å². The van der Waals surface area contributed by atoms with Crippen molar-refractivity contribution in [2.45, 2.75) is 124 Å². The summed E-state index contributed by atoms with van der Waals surface area (Å²) in [6, 6.07) is 0. The highest BCUT2D eigenvalue weighted by Gasteiger charge is 2.68. The van der Waals surface area contributed by atoms with Crippen molar-refractivity contribution < 1.29 is 9.53 Å². The monoisotopic (exact) mass is 440 g/mol. The molecule has 1 aliphatic heterocycles. The molecule has 0 amide bonds. The van der Waals surface area contributed by atoms with Crippen molar-refractivity contribution in [3.8, 4) is 0 Å². The Balaban J connectivity index is 1.37. The molecule has 180 valence electrons. The predicted octanol–water partition coefficient (Wildman–Crippen LogP) is 7.75. The lowest BCUT2D eigenvalue weighted by Crippen LogP contribution is -2.63. The molecule has 4 aliphatic carbocycles. The van der Waals surface area contributed by atoms with Crippen LogP contribution in [0.2, 0.25) is 0 Å². The molecule has 2 nitrogen and oxygen atoms in total. The lowest BCUT2D eigenvalue weighted by atomic mass is 9.35. The van der Waals surface area contributed by atoms with Gasteiger partial charge in [0.15, 0.2) is 0 Å². The number of ketones is 1. The summed E-state index contributed by atoms with van der Waals surface area (Å²) in [5, 5.41) is 0. The molecule has 0 spiro atoms. The molecule has 5 aliphatic rings. The third-order valence-corrected chi connectivity index (χ3v) is 12.6. The molecule has 0 aromatic rings. The minimum Gasteiger partial charge on any atom is -0.367 e. The van der Waals surface area contributed by atoms with Crippen molar-refractivity contribution in [1.29, 1.82) is 0 Å². The molecular formula is C30H48O2. The second kappa shape index (κ2) is 6.96. The van der Waals surface area contributed by atoms with Gasteiger partial charge in [-0.25, -0.2) is 0 Å². The maximum Gasteiger partial charge on any atom is 0.138 e. The van der Waals surface area contributed by atoms with E-state index in [-0.39, 0.29) is 11.0 Å². The van der Waals surface area contributed by atoms with E-state index in [2.05, 4.69) is 55.0 Å². The Morgan fingerprint density at radius 2 is 1.56 bits per heavy atom. The predicted molar refractivity (Wildman–Crippen MR) is 131 cm³/mol. The SMILES string of the molecule is C=C(CC[C@H]1OC1(C)C)[C@H]1CC[C@@]2(C)[C@@H]1CC[C@@H]1[C@@]3(C)CCC(=O)C(C)(C)[C@H]3CC[C@]12C. The molecule has 5 rings (SSSR count). The number of hydrogen-bond acceptors (Lipinski definition) is 2. The molecule has 8 atom stereocenters. The van der Waals surface area contributed by atoms with E-state index in [1.165, 1.54) is 44.1 Å². The van der Waals surface area contributed by atoms with Crippen LogP contribution >= 0.6 is 0 Å². The van der Waals surface area contributed by atoms with Crippen LogP contribution in [0.5, 0.6) is 0 Å². The molecule has 4 saturated carbocycles. The quantitative estimate of drug-likeness (QED) is 0.330. The van der Waals surface area contributed by atoms with Crippen LogP contribution < -0.4 is 0 Å². The minimum absolute atomic E-state index is 0.0965. The average Bonchev–Trinajstić information content (AvgIpc) is 3.15. The van der Waals surface area contributed by atoms with E-state index in [1.807, 2.05) is 0 Å². The first-order valence-corrected chi connectivity index (χ1v) is 13.7. The van der Waals surface area contributed by atoms with Crippen LogP contribution in [-0.4, -0.2) is 17.5 Å². The molecule has 1 saturated heterocycles.